The molecule has 4 rings (SSSR count). The number of rotatable bonds is 8. The molecule has 1 fully saturated rings. The fraction of sp³-hybridized carbons (Fsp3) is 0.562. The molecule has 1 aromatic rings. The summed E-state index contributed by atoms with van der Waals surface area (Å²) in [5, 5.41) is 0. The second-order valence-corrected chi connectivity index (χ2v) is 11.9. The Morgan fingerprint density at radius 2 is 1.86 bits per heavy atom. The van der Waals surface area contributed by atoms with Gasteiger partial charge in [-0.15, -0.1) is 0 Å². The zero-order chi connectivity index (χ0) is 26.7. The van der Waals surface area contributed by atoms with E-state index in [1.54, 1.807) is 12.1 Å². The van der Waals surface area contributed by atoms with Gasteiger partial charge >= 0.3 is 0 Å². The van der Waals surface area contributed by atoms with Crippen LogP contribution in [0, 0.1) is 17.2 Å². The number of piperidine rings is 1. The van der Waals surface area contributed by atoms with Gasteiger partial charge in [0.2, 0.25) is 6.43 Å². The molecule has 0 bridgehead atoms. The lowest BCUT2D eigenvalue weighted by atomic mass is 9.65. The molecule has 1 aromatic carbocycles. The van der Waals surface area contributed by atoms with Crippen molar-refractivity contribution in [2.75, 3.05) is 13.1 Å². The molecular formula is C32H42F3NO. The van der Waals surface area contributed by atoms with Gasteiger partial charge in [-0.25, -0.2) is 13.2 Å². The van der Waals surface area contributed by atoms with Crippen LogP contribution in [-0.2, 0) is 11.2 Å². The first-order chi connectivity index (χ1) is 17.5. The van der Waals surface area contributed by atoms with Crippen molar-refractivity contribution in [3.63, 3.8) is 0 Å². The first-order valence-electron chi connectivity index (χ1n) is 13.8. The summed E-state index contributed by atoms with van der Waals surface area (Å²) >= 11 is 0. The fourth-order valence-corrected chi connectivity index (χ4v) is 6.35. The number of nitrogens with zero attached hydrogens (tertiary/aromatic N) is 1. The molecule has 1 heterocycles. The molecule has 2 nitrogen and oxygen atoms in total. The molecule has 2 aliphatic carbocycles. The number of likely N-dealkylation sites (tertiary alicyclic amines) is 1. The fourth-order valence-electron chi connectivity index (χ4n) is 6.35. The summed E-state index contributed by atoms with van der Waals surface area (Å²) in [6.07, 6.45) is 8.76. The van der Waals surface area contributed by atoms with Crippen LogP contribution < -0.4 is 0 Å². The van der Waals surface area contributed by atoms with E-state index in [1.165, 1.54) is 5.56 Å². The average molecular weight is 514 g/mol. The summed E-state index contributed by atoms with van der Waals surface area (Å²) in [6.45, 7) is 14.4. The Balaban J connectivity index is 1.53. The topological polar surface area (TPSA) is 12.5 Å². The third-order valence-corrected chi connectivity index (χ3v) is 8.05. The summed E-state index contributed by atoms with van der Waals surface area (Å²) < 4.78 is 47.5. The molecule has 1 saturated heterocycles. The van der Waals surface area contributed by atoms with Crippen LogP contribution >= 0.6 is 0 Å². The van der Waals surface area contributed by atoms with E-state index in [1.807, 2.05) is 26.0 Å². The smallest absolute Gasteiger partial charge is 0.242 e. The predicted octanol–water partition coefficient (Wildman–Crippen LogP) is 8.72. The minimum Gasteiger partial charge on any atom is -0.372 e. The molecule has 3 aliphatic rings. The van der Waals surface area contributed by atoms with Crippen LogP contribution in [0.3, 0.4) is 0 Å². The Bertz CT molecular complexity index is 1070. The molecule has 1 unspecified atom stereocenters. The van der Waals surface area contributed by atoms with Crippen molar-refractivity contribution < 1.29 is 17.9 Å². The molecular weight excluding hydrogens is 471 g/mol. The highest BCUT2D eigenvalue weighted by molar-refractivity contribution is 5.45. The van der Waals surface area contributed by atoms with Gasteiger partial charge in [0, 0.05) is 25.2 Å². The Kier molecular flexibility index (Phi) is 8.73. The number of alkyl halides is 2. The number of ether oxygens (including phenoxy) is 1. The lowest BCUT2D eigenvalue weighted by molar-refractivity contribution is -0.0434. The standard InChI is InChI=1S/C32H42F3NO/c1-21(2)15-24-7-6-8-28(26(16-24)17-31(34)35)23(5)36-13-11-32(12-14-36)19-25-9-10-27(33)18-29(25)30(20-32)37-22(3)4/h6-7,9-10,16,18,21-22,30-31H,5,8,11-15,17,19-20H2,1-4H3. The van der Waals surface area contributed by atoms with Crippen molar-refractivity contribution in [3.05, 3.63) is 82.4 Å². The summed E-state index contributed by atoms with van der Waals surface area (Å²) in [5.74, 6) is 0.251. The van der Waals surface area contributed by atoms with E-state index < -0.39 is 6.43 Å². The molecule has 0 aromatic heterocycles. The van der Waals surface area contributed by atoms with E-state index >= 15 is 0 Å². The lowest BCUT2D eigenvalue weighted by Gasteiger charge is -2.48. The first kappa shape index (κ1) is 27.8. The van der Waals surface area contributed by atoms with Crippen molar-refractivity contribution in [1.29, 1.82) is 0 Å². The monoisotopic (exact) mass is 513 g/mol. The number of hydrogen-bond acceptors (Lipinski definition) is 2. The largest absolute Gasteiger partial charge is 0.372 e. The van der Waals surface area contributed by atoms with Crippen molar-refractivity contribution >= 4 is 0 Å². The van der Waals surface area contributed by atoms with E-state index in [-0.39, 0.29) is 29.9 Å². The number of allylic oxidation sites excluding steroid dienone is 6. The molecule has 1 spiro atoms. The highest BCUT2D eigenvalue weighted by Gasteiger charge is 2.42. The Labute approximate surface area is 221 Å². The van der Waals surface area contributed by atoms with Gasteiger partial charge in [-0.05, 0) is 104 Å². The molecule has 5 heteroatoms. The van der Waals surface area contributed by atoms with Gasteiger partial charge in [0.25, 0.3) is 0 Å². The maximum Gasteiger partial charge on any atom is 0.242 e. The number of fused-ring (bicyclic) bond motifs is 1. The van der Waals surface area contributed by atoms with Crippen molar-refractivity contribution in [1.82, 2.24) is 4.90 Å². The summed E-state index contributed by atoms with van der Waals surface area (Å²) in [4.78, 5) is 2.29. The van der Waals surface area contributed by atoms with Crippen LogP contribution in [0.1, 0.15) is 83.5 Å². The Morgan fingerprint density at radius 3 is 2.51 bits per heavy atom. The second-order valence-electron chi connectivity index (χ2n) is 11.9. The predicted molar refractivity (Wildman–Crippen MR) is 145 cm³/mol. The van der Waals surface area contributed by atoms with E-state index in [0.29, 0.717) is 12.3 Å². The molecule has 1 atom stereocenters. The van der Waals surface area contributed by atoms with Crippen molar-refractivity contribution in [2.45, 2.75) is 91.3 Å². The molecule has 37 heavy (non-hydrogen) atoms. The van der Waals surface area contributed by atoms with Gasteiger partial charge in [-0.1, -0.05) is 44.7 Å². The molecule has 0 saturated carbocycles. The number of benzene rings is 1. The third kappa shape index (κ3) is 6.79. The van der Waals surface area contributed by atoms with E-state index in [9.17, 15) is 13.2 Å². The quantitative estimate of drug-likeness (QED) is 0.345. The van der Waals surface area contributed by atoms with Gasteiger partial charge in [0.1, 0.15) is 5.82 Å². The third-order valence-electron chi connectivity index (χ3n) is 8.05. The summed E-state index contributed by atoms with van der Waals surface area (Å²) in [7, 11) is 0. The Morgan fingerprint density at radius 1 is 1.14 bits per heavy atom. The van der Waals surface area contributed by atoms with E-state index in [2.05, 4.69) is 37.5 Å². The SMILES string of the molecule is C=C(C1=C(CC(F)F)C=C(CC(C)C)C=CC1)N1CCC2(CC1)Cc1ccc(F)cc1C(OC(C)C)C2. The second kappa shape index (κ2) is 11.6. The summed E-state index contributed by atoms with van der Waals surface area (Å²) in [6, 6.07) is 5.12. The van der Waals surface area contributed by atoms with Gasteiger partial charge in [-0.2, -0.15) is 0 Å². The molecule has 1 aliphatic heterocycles. The minimum absolute atomic E-state index is 0.0632. The van der Waals surface area contributed by atoms with Gasteiger partial charge in [-0.3, -0.25) is 0 Å². The zero-order valence-corrected chi connectivity index (χ0v) is 22.8. The van der Waals surface area contributed by atoms with Crippen LogP contribution in [-0.4, -0.2) is 30.5 Å². The maximum atomic E-state index is 14.0. The van der Waals surface area contributed by atoms with Gasteiger partial charge in [0.15, 0.2) is 0 Å². The summed E-state index contributed by atoms with van der Waals surface area (Å²) in [5.41, 5.74) is 5.92. The zero-order valence-electron chi connectivity index (χ0n) is 22.8. The van der Waals surface area contributed by atoms with Crippen LogP contribution in [0.25, 0.3) is 0 Å². The highest BCUT2D eigenvalue weighted by atomic mass is 19.3. The van der Waals surface area contributed by atoms with Gasteiger partial charge in [0.05, 0.1) is 12.2 Å². The lowest BCUT2D eigenvalue weighted by Crippen LogP contribution is -2.44. The molecule has 0 radical (unpaired) electrons. The highest BCUT2D eigenvalue weighted by Crippen LogP contribution is 2.50. The normalized spacial score (nSPS) is 21.6. The van der Waals surface area contributed by atoms with Crippen LogP contribution in [0.4, 0.5) is 13.2 Å². The minimum atomic E-state index is -2.39. The Hall–Kier alpha value is -2.27. The van der Waals surface area contributed by atoms with Crippen molar-refractivity contribution in [3.8, 4) is 0 Å². The van der Waals surface area contributed by atoms with Crippen LogP contribution in [0.15, 0.2) is 65.4 Å². The maximum absolute atomic E-state index is 14.0. The first-order valence-corrected chi connectivity index (χ1v) is 13.8. The molecule has 0 N–H and O–H groups in total. The van der Waals surface area contributed by atoms with Crippen LogP contribution in [0.5, 0.6) is 0 Å². The number of halogens is 3. The van der Waals surface area contributed by atoms with Crippen molar-refractivity contribution in [2.24, 2.45) is 11.3 Å². The van der Waals surface area contributed by atoms with E-state index in [0.717, 1.165) is 73.2 Å². The molecule has 0 amide bonds. The van der Waals surface area contributed by atoms with E-state index in [4.69, 9.17) is 4.74 Å². The van der Waals surface area contributed by atoms with Crippen LogP contribution in [0.2, 0.25) is 0 Å². The van der Waals surface area contributed by atoms with Gasteiger partial charge < -0.3 is 9.64 Å². The molecule has 202 valence electrons. The number of hydrogen-bond donors (Lipinski definition) is 0. The average Bonchev–Trinajstić information content (AvgIpc) is 3.00.